The maximum absolute atomic E-state index is 9.89. The third-order valence-electron chi connectivity index (χ3n) is 1.02. The molecule has 0 saturated heterocycles. The lowest BCUT2D eigenvalue weighted by Crippen LogP contribution is -2.23. The van der Waals surface area contributed by atoms with Crippen LogP contribution in [0.2, 0.25) is 0 Å². The fourth-order valence-corrected chi connectivity index (χ4v) is 0. The molecule has 4 nitrogen and oxygen atoms in total. The molecule has 14 heavy (non-hydrogen) atoms. The van der Waals surface area contributed by atoms with Crippen molar-refractivity contribution >= 4 is 35.1 Å². The second kappa shape index (κ2) is 5.41. The van der Waals surface area contributed by atoms with Crippen molar-refractivity contribution < 1.29 is 19.8 Å². The Bertz CT molecular complexity index is 188. The number of halogens is 2. The highest BCUT2D eigenvalue weighted by atomic mass is 35.5. The first kappa shape index (κ1) is 16.0. The number of rotatable bonds is 2. The van der Waals surface area contributed by atoms with Crippen LogP contribution < -0.4 is 0 Å². The van der Waals surface area contributed by atoms with Crippen LogP contribution in [0.1, 0.15) is 27.7 Å². The average molecular weight is 245 g/mol. The summed E-state index contributed by atoms with van der Waals surface area (Å²) in [6, 6.07) is 0. The van der Waals surface area contributed by atoms with Gasteiger partial charge in [-0.2, -0.15) is 0 Å². The van der Waals surface area contributed by atoms with E-state index in [1.807, 2.05) is 0 Å². The van der Waals surface area contributed by atoms with Gasteiger partial charge in [0.2, 0.25) is 0 Å². The molecule has 0 aliphatic carbocycles. The van der Waals surface area contributed by atoms with Crippen LogP contribution in [0.5, 0.6) is 0 Å². The molecule has 84 valence electrons. The Morgan fingerprint density at radius 3 is 0.929 bits per heavy atom. The van der Waals surface area contributed by atoms with Crippen LogP contribution >= 0.6 is 23.2 Å². The van der Waals surface area contributed by atoms with Gasteiger partial charge in [0.05, 0.1) is 0 Å². The highest BCUT2D eigenvalue weighted by Gasteiger charge is 2.22. The van der Waals surface area contributed by atoms with E-state index in [1.54, 1.807) is 0 Å². The first-order valence-electron chi connectivity index (χ1n) is 3.73. The summed E-state index contributed by atoms with van der Waals surface area (Å²) >= 11 is 10.5. The second-order valence-corrected chi connectivity index (χ2v) is 5.45. The second-order valence-electron chi connectivity index (χ2n) is 3.56. The molecule has 6 heteroatoms. The summed E-state index contributed by atoms with van der Waals surface area (Å²) in [5.41, 5.74) is 0. The van der Waals surface area contributed by atoms with E-state index < -0.39 is 21.7 Å². The Morgan fingerprint density at radius 1 is 0.857 bits per heavy atom. The predicted molar refractivity (Wildman–Crippen MR) is 55.1 cm³/mol. The zero-order chi connectivity index (χ0) is 12.2. The molecule has 2 N–H and O–H groups in total. The van der Waals surface area contributed by atoms with Crippen molar-refractivity contribution in [2.24, 2.45) is 0 Å². The number of carbonyl (C=O) groups is 2. The van der Waals surface area contributed by atoms with Crippen molar-refractivity contribution in [2.75, 3.05) is 0 Å². The first-order chi connectivity index (χ1) is 5.89. The van der Waals surface area contributed by atoms with E-state index in [2.05, 4.69) is 0 Å². The Balaban J connectivity index is 0. The van der Waals surface area contributed by atoms with E-state index in [4.69, 9.17) is 33.4 Å². The molecule has 0 atom stereocenters. The zero-order valence-electron chi connectivity index (χ0n) is 8.47. The van der Waals surface area contributed by atoms with Gasteiger partial charge in [-0.1, -0.05) is 0 Å². The normalized spacial score (nSPS) is 11.3. The minimum atomic E-state index is -1.11. The third-order valence-corrected chi connectivity index (χ3v) is 1.34. The molecule has 0 aromatic carbocycles. The van der Waals surface area contributed by atoms with Crippen LogP contribution in [0.15, 0.2) is 0 Å². The summed E-state index contributed by atoms with van der Waals surface area (Å²) in [7, 11) is 0. The lowest BCUT2D eigenvalue weighted by atomic mass is 10.2. The molecule has 0 aliphatic heterocycles. The molecule has 0 bridgehead atoms. The van der Waals surface area contributed by atoms with E-state index >= 15 is 0 Å². The van der Waals surface area contributed by atoms with Crippen LogP contribution in [-0.4, -0.2) is 31.9 Å². The van der Waals surface area contributed by atoms with Crippen molar-refractivity contribution in [1.82, 2.24) is 0 Å². The van der Waals surface area contributed by atoms with Crippen molar-refractivity contribution in [3.05, 3.63) is 0 Å². The van der Waals surface area contributed by atoms with Crippen LogP contribution in [0, 0.1) is 0 Å². The molecule has 0 spiro atoms. The number of carboxylic acids is 2. The minimum absolute atomic E-state index is 0.992. The molecule has 0 aliphatic rings. The monoisotopic (exact) mass is 244 g/mol. The smallest absolute Gasteiger partial charge is 0.324 e. The Hall–Kier alpha value is -0.480. The fraction of sp³-hybridized carbons (Fsp3) is 0.750. The van der Waals surface area contributed by atoms with E-state index in [-0.39, 0.29) is 0 Å². The van der Waals surface area contributed by atoms with Crippen molar-refractivity contribution in [3.8, 4) is 0 Å². The van der Waals surface area contributed by atoms with Crippen molar-refractivity contribution in [3.63, 3.8) is 0 Å². The lowest BCUT2D eigenvalue weighted by Gasteiger charge is -2.05. The minimum Gasteiger partial charge on any atom is -0.480 e. The molecule has 0 unspecified atom stereocenters. The number of carboxylic acid groups (broad SMARTS) is 2. The zero-order valence-corrected chi connectivity index (χ0v) is 9.98. The molecular weight excluding hydrogens is 231 g/mol. The standard InChI is InChI=1S/2C4H7ClO2/c2*1-4(2,5)3(6)7/h2*1-2H3,(H,6,7). The average Bonchev–Trinajstić information content (AvgIpc) is 1.83. The molecule has 0 fully saturated rings. The highest BCUT2D eigenvalue weighted by molar-refractivity contribution is 6.33. The maximum Gasteiger partial charge on any atom is 0.324 e. The van der Waals surface area contributed by atoms with Crippen LogP contribution in [-0.2, 0) is 9.59 Å². The van der Waals surface area contributed by atoms with Gasteiger partial charge in [-0.15, -0.1) is 23.2 Å². The topological polar surface area (TPSA) is 74.6 Å². The SMILES string of the molecule is CC(C)(Cl)C(=O)O.CC(C)(Cl)C(=O)O. The van der Waals surface area contributed by atoms with Gasteiger partial charge in [0.15, 0.2) is 0 Å². The van der Waals surface area contributed by atoms with Gasteiger partial charge in [0.25, 0.3) is 0 Å². The first-order valence-corrected chi connectivity index (χ1v) is 4.49. The Morgan fingerprint density at radius 2 is 0.929 bits per heavy atom. The van der Waals surface area contributed by atoms with Gasteiger partial charge in [-0.05, 0) is 27.7 Å². The van der Waals surface area contributed by atoms with Gasteiger partial charge in [0.1, 0.15) is 9.75 Å². The fourth-order valence-electron chi connectivity index (χ4n) is 0. The molecule has 0 rings (SSSR count). The number of aliphatic carboxylic acids is 2. The highest BCUT2D eigenvalue weighted by Crippen LogP contribution is 2.11. The molecular formula is C8H14Cl2O4. The van der Waals surface area contributed by atoms with E-state index in [1.165, 1.54) is 27.7 Å². The summed E-state index contributed by atoms with van der Waals surface area (Å²) in [6.45, 7) is 5.71. The summed E-state index contributed by atoms with van der Waals surface area (Å²) < 4.78 is 0. The number of hydrogen-bond acceptors (Lipinski definition) is 2. The van der Waals surface area contributed by atoms with E-state index in [0.717, 1.165) is 0 Å². The van der Waals surface area contributed by atoms with Gasteiger partial charge in [-0.25, -0.2) is 0 Å². The van der Waals surface area contributed by atoms with E-state index in [0.29, 0.717) is 0 Å². The van der Waals surface area contributed by atoms with Crippen LogP contribution in [0.4, 0.5) is 0 Å². The largest absolute Gasteiger partial charge is 0.480 e. The molecule has 0 amide bonds. The number of alkyl halides is 2. The third kappa shape index (κ3) is 9.61. The summed E-state index contributed by atoms with van der Waals surface area (Å²) in [5, 5.41) is 16.2. The summed E-state index contributed by atoms with van der Waals surface area (Å²) in [4.78, 5) is 17.6. The lowest BCUT2D eigenvalue weighted by molar-refractivity contribution is -0.140. The Kier molecular flexibility index (Phi) is 6.17. The summed E-state index contributed by atoms with van der Waals surface area (Å²) in [6.07, 6.45) is 0. The predicted octanol–water partition coefficient (Wildman–Crippen LogP) is 2.18. The maximum atomic E-state index is 9.89. The van der Waals surface area contributed by atoms with Gasteiger partial charge < -0.3 is 10.2 Å². The van der Waals surface area contributed by atoms with Crippen molar-refractivity contribution in [2.45, 2.75) is 37.4 Å². The molecule has 0 radical (unpaired) electrons. The van der Waals surface area contributed by atoms with Crippen LogP contribution in [0.3, 0.4) is 0 Å². The van der Waals surface area contributed by atoms with E-state index in [9.17, 15) is 9.59 Å². The van der Waals surface area contributed by atoms with Gasteiger partial charge in [0, 0.05) is 0 Å². The molecule has 0 aromatic rings. The molecule has 0 aromatic heterocycles. The van der Waals surface area contributed by atoms with Gasteiger partial charge in [-0.3, -0.25) is 9.59 Å². The van der Waals surface area contributed by atoms with Crippen molar-refractivity contribution in [1.29, 1.82) is 0 Å². The number of hydrogen-bond donors (Lipinski definition) is 2. The van der Waals surface area contributed by atoms with Crippen LogP contribution in [0.25, 0.3) is 0 Å². The Labute approximate surface area is 92.8 Å². The van der Waals surface area contributed by atoms with Gasteiger partial charge >= 0.3 is 11.9 Å². The molecule has 0 saturated carbocycles. The summed E-state index contributed by atoms with van der Waals surface area (Å²) in [5.74, 6) is -1.98. The molecule has 0 heterocycles. The quantitative estimate of drug-likeness (QED) is 0.731.